The van der Waals surface area contributed by atoms with Gasteiger partial charge in [0, 0.05) is 31.2 Å². The summed E-state index contributed by atoms with van der Waals surface area (Å²) in [5.41, 5.74) is 1.33. The summed E-state index contributed by atoms with van der Waals surface area (Å²) in [7, 11) is -1.97. The second kappa shape index (κ2) is 8.47. The molecular weight excluding hydrogens is 442 g/mol. The van der Waals surface area contributed by atoms with Crippen molar-refractivity contribution in [3.05, 3.63) is 47.5 Å². The first-order chi connectivity index (χ1) is 14.8. The SMILES string of the molecule is COc1ccccc1N1CCN(C(=O)[C@H]2CN(S(C)(=O)=O)c3cc(Cl)ccc3O2)CC1. The maximum atomic E-state index is 13.2. The molecule has 1 fully saturated rings. The van der Waals surface area contributed by atoms with E-state index >= 15 is 0 Å². The number of amides is 1. The molecule has 1 atom stereocenters. The summed E-state index contributed by atoms with van der Waals surface area (Å²) < 4.78 is 37.2. The van der Waals surface area contributed by atoms with Crippen LogP contribution in [-0.2, 0) is 14.8 Å². The van der Waals surface area contributed by atoms with Crippen LogP contribution in [0.2, 0.25) is 5.02 Å². The van der Waals surface area contributed by atoms with E-state index in [1.54, 1.807) is 24.1 Å². The average molecular weight is 466 g/mol. The quantitative estimate of drug-likeness (QED) is 0.689. The second-order valence-corrected chi connectivity index (χ2v) is 9.84. The van der Waals surface area contributed by atoms with Crippen LogP contribution >= 0.6 is 11.6 Å². The number of carbonyl (C=O) groups is 1. The van der Waals surface area contributed by atoms with E-state index in [-0.39, 0.29) is 12.5 Å². The lowest BCUT2D eigenvalue weighted by molar-refractivity contribution is -0.138. The topological polar surface area (TPSA) is 79.4 Å². The van der Waals surface area contributed by atoms with Gasteiger partial charge in [0.15, 0.2) is 6.10 Å². The van der Waals surface area contributed by atoms with E-state index in [0.29, 0.717) is 42.6 Å². The van der Waals surface area contributed by atoms with E-state index in [2.05, 4.69) is 4.90 Å². The lowest BCUT2D eigenvalue weighted by Gasteiger charge is -2.40. The number of hydrogen-bond donors (Lipinski definition) is 0. The predicted octanol–water partition coefficient (Wildman–Crippen LogP) is 2.22. The van der Waals surface area contributed by atoms with Crippen molar-refractivity contribution in [2.24, 2.45) is 0 Å². The average Bonchev–Trinajstić information content (AvgIpc) is 2.77. The maximum absolute atomic E-state index is 13.2. The number of piperazine rings is 1. The van der Waals surface area contributed by atoms with Gasteiger partial charge in [0.25, 0.3) is 5.91 Å². The molecule has 2 aromatic carbocycles. The molecule has 0 radical (unpaired) electrons. The Morgan fingerprint density at radius 1 is 1.10 bits per heavy atom. The summed E-state index contributed by atoms with van der Waals surface area (Å²) in [5, 5.41) is 0.397. The van der Waals surface area contributed by atoms with E-state index in [4.69, 9.17) is 21.1 Å². The van der Waals surface area contributed by atoms with E-state index < -0.39 is 16.1 Å². The highest BCUT2D eigenvalue weighted by atomic mass is 35.5. The van der Waals surface area contributed by atoms with Crippen molar-refractivity contribution in [2.75, 3.05) is 55.3 Å². The zero-order valence-electron chi connectivity index (χ0n) is 17.3. The summed E-state index contributed by atoms with van der Waals surface area (Å²) >= 11 is 6.03. The van der Waals surface area contributed by atoms with Crippen molar-refractivity contribution in [3.63, 3.8) is 0 Å². The normalized spacial score (nSPS) is 18.9. The number of halogens is 1. The molecule has 1 amide bonds. The third-order valence-electron chi connectivity index (χ3n) is 5.48. The number of ether oxygens (including phenoxy) is 2. The third-order valence-corrected chi connectivity index (χ3v) is 6.87. The summed E-state index contributed by atoms with van der Waals surface area (Å²) in [6.07, 6.45) is 0.192. The Balaban J connectivity index is 1.48. The Bertz CT molecular complexity index is 1090. The number of para-hydroxylation sites is 2. The van der Waals surface area contributed by atoms with Crippen molar-refractivity contribution in [1.29, 1.82) is 0 Å². The molecule has 2 aliphatic rings. The lowest BCUT2D eigenvalue weighted by Crippen LogP contribution is -2.56. The van der Waals surface area contributed by atoms with Gasteiger partial charge in [-0.1, -0.05) is 23.7 Å². The molecule has 2 heterocycles. The zero-order valence-corrected chi connectivity index (χ0v) is 18.9. The van der Waals surface area contributed by atoms with Crippen molar-refractivity contribution >= 4 is 38.9 Å². The fourth-order valence-electron chi connectivity index (χ4n) is 3.93. The van der Waals surface area contributed by atoms with Crippen LogP contribution in [0.3, 0.4) is 0 Å². The highest BCUT2D eigenvalue weighted by Gasteiger charge is 2.38. The fourth-order valence-corrected chi connectivity index (χ4v) is 5.00. The minimum Gasteiger partial charge on any atom is -0.495 e. The molecule has 8 nitrogen and oxygen atoms in total. The summed E-state index contributed by atoms with van der Waals surface area (Å²) in [6, 6.07) is 12.5. The molecule has 166 valence electrons. The Morgan fingerprint density at radius 2 is 1.81 bits per heavy atom. The Labute approximate surface area is 186 Å². The van der Waals surface area contributed by atoms with Gasteiger partial charge in [0.05, 0.1) is 31.3 Å². The van der Waals surface area contributed by atoms with Gasteiger partial charge in [-0.05, 0) is 30.3 Å². The second-order valence-electron chi connectivity index (χ2n) is 7.50. The van der Waals surface area contributed by atoms with Gasteiger partial charge in [-0.2, -0.15) is 0 Å². The van der Waals surface area contributed by atoms with Crippen molar-refractivity contribution in [2.45, 2.75) is 6.10 Å². The molecule has 2 aliphatic heterocycles. The van der Waals surface area contributed by atoms with Crippen LogP contribution in [0, 0.1) is 0 Å². The van der Waals surface area contributed by atoms with Crippen LogP contribution in [0.15, 0.2) is 42.5 Å². The van der Waals surface area contributed by atoms with E-state index in [9.17, 15) is 13.2 Å². The molecule has 2 aromatic rings. The number of rotatable bonds is 4. The predicted molar refractivity (Wildman–Crippen MR) is 120 cm³/mol. The number of hydrogen-bond acceptors (Lipinski definition) is 6. The van der Waals surface area contributed by atoms with Crippen LogP contribution in [-0.4, -0.2) is 71.4 Å². The number of carbonyl (C=O) groups excluding carboxylic acids is 1. The Hall–Kier alpha value is -2.65. The highest BCUT2D eigenvalue weighted by Crippen LogP contribution is 2.37. The van der Waals surface area contributed by atoms with E-state index in [1.807, 2.05) is 24.3 Å². The van der Waals surface area contributed by atoms with Gasteiger partial charge < -0.3 is 19.3 Å². The minimum absolute atomic E-state index is 0.0856. The molecule has 0 aliphatic carbocycles. The molecule has 10 heteroatoms. The molecule has 31 heavy (non-hydrogen) atoms. The zero-order chi connectivity index (χ0) is 22.2. The van der Waals surface area contributed by atoms with E-state index in [0.717, 1.165) is 17.7 Å². The molecule has 0 unspecified atom stereocenters. The first kappa shape index (κ1) is 21.6. The van der Waals surface area contributed by atoms with Gasteiger partial charge in [-0.3, -0.25) is 9.10 Å². The van der Waals surface area contributed by atoms with Crippen LogP contribution in [0.4, 0.5) is 11.4 Å². The van der Waals surface area contributed by atoms with Gasteiger partial charge >= 0.3 is 0 Å². The minimum atomic E-state index is -3.60. The fraction of sp³-hybridized carbons (Fsp3) is 0.381. The number of fused-ring (bicyclic) bond motifs is 1. The van der Waals surface area contributed by atoms with Gasteiger partial charge in [-0.15, -0.1) is 0 Å². The number of benzene rings is 2. The van der Waals surface area contributed by atoms with Gasteiger partial charge in [-0.25, -0.2) is 8.42 Å². The summed E-state index contributed by atoms with van der Waals surface area (Å²) in [4.78, 5) is 17.1. The number of nitrogens with zero attached hydrogens (tertiary/aromatic N) is 3. The number of anilines is 2. The van der Waals surface area contributed by atoms with E-state index in [1.165, 1.54) is 10.4 Å². The van der Waals surface area contributed by atoms with Crippen LogP contribution in [0.1, 0.15) is 0 Å². The first-order valence-electron chi connectivity index (χ1n) is 9.88. The molecule has 0 aromatic heterocycles. The van der Waals surface area contributed by atoms with Crippen molar-refractivity contribution in [1.82, 2.24) is 4.90 Å². The largest absolute Gasteiger partial charge is 0.495 e. The summed E-state index contributed by atoms with van der Waals surface area (Å²) in [5.74, 6) is 0.887. The molecular formula is C21H24ClN3O5S. The van der Waals surface area contributed by atoms with Gasteiger partial charge in [0.1, 0.15) is 11.5 Å². The molecule has 1 saturated heterocycles. The monoisotopic (exact) mass is 465 g/mol. The van der Waals surface area contributed by atoms with Crippen molar-refractivity contribution in [3.8, 4) is 11.5 Å². The van der Waals surface area contributed by atoms with Crippen LogP contribution in [0.5, 0.6) is 11.5 Å². The smallest absolute Gasteiger partial charge is 0.265 e. The lowest BCUT2D eigenvalue weighted by atomic mass is 10.2. The summed E-state index contributed by atoms with van der Waals surface area (Å²) in [6.45, 7) is 2.20. The number of sulfonamides is 1. The maximum Gasteiger partial charge on any atom is 0.265 e. The Kier molecular flexibility index (Phi) is 5.90. The first-order valence-corrected chi connectivity index (χ1v) is 12.1. The molecule has 0 spiro atoms. The Morgan fingerprint density at radius 3 is 2.48 bits per heavy atom. The molecule has 0 N–H and O–H groups in total. The van der Waals surface area contributed by atoms with Crippen LogP contribution in [0.25, 0.3) is 0 Å². The molecule has 0 saturated carbocycles. The van der Waals surface area contributed by atoms with Crippen molar-refractivity contribution < 1.29 is 22.7 Å². The highest BCUT2D eigenvalue weighted by molar-refractivity contribution is 7.92. The number of methoxy groups -OCH3 is 1. The standard InChI is InChI=1S/C21H24ClN3O5S/c1-29-18-6-4-3-5-16(18)23-9-11-24(12-10-23)21(26)20-14-25(31(2,27)28)17-13-15(22)7-8-19(17)30-20/h3-8,13,20H,9-12,14H2,1-2H3/t20-/m1/s1. The molecule has 4 rings (SSSR count). The van der Waals surface area contributed by atoms with Crippen LogP contribution < -0.4 is 18.7 Å². The van der Waals surface area contributed by atoms with Gasteiger partial charge in [0.2, 0.25) is 10.0 Å². The molecule has 0 bridgehead atoms. The third kappa shape index (κ3) is 4.38.